The predicted molar refractivity (Wildman–Crippen MR) is 91.0 cm³/mol. The van der Waals surface area contributed by atoms with E-state index in [1.54, 1.807) is 7.11 Å². The molecule has 1 atom stereocenters. The highest BCUT2D eigenvalue weighted by molar-refractivity contribution is 6.31. The summed E-state index contributed by atoms with van der Waals surface area (Å²) in [6, 6.07) is 3.72. The van der Waals surface area contributed by atoms with Crippen molar-refractivity contribution in [2.45, 2.75) is 26.8 Å². The maximum absolute atomic E-state index is 6.29. The third-order valence-electron chi connectivity index (χ3n) is 4.02. The zero-order chi connectivity index (χ0) is 16.7. The van der Waals surface area contributed by atoms with Gasteiger partial charge in [0.05, 0.1) is 24.2 Å². The van der Waals surface area contributed by atoms with E-state index in [0.29, 0.717) is 16.5 Å². The number of benzene rings is 1. The molecule has 3 rings (SSSR count). The largest absolute Gasteiger partial charge is 0.496 e. The Morgan fingerprint density at radius 1 is 1.26 bits per heavy atom. The summed E-state index contributed by atoms with van der Waals surface area (Å²) in [6.45, 7) is 5.86. The molecule has 0 bridgehead atoms. The number of halogens is 1. The Kier molecular flexibility index (Phi) is 3.85. The molecule has 2 N–H and O–H groups in total. The van der Waals surface area contributed by atoms with Crippen molar-refractivity contribution in [2.75, 3.05) is 12.8 Å². The Morgan fingerprint density at radius 3 is 2.70 bits per heavy atom. The summed E-state index contributed by atoms with van der Waals surface area (Å²) in [7, 11) is 1.64. The molecule has 0 radical (unpaired) electrons. The average Bonchev–Trinajstić information content (AvgIpc) is 2.87. The van der Waals surface area contributed by atoms with Gasteiger partial charge < -0.3 is 10.5 Å². The summed E-state index contributed by atoms with van der Waals surface area (Å²) < 4.78 is 7.33. The lowest BCUT2D eigenvalue weighted by molar-refractivity contribution is 0.401. The third kappa shape index (κ3) is 2.49. The summed E-state index contributed by atoms with van der Waals surface area (Å²) in [5.74, 6) is 1.20. The molecule has 0 aliphatic heterocycles. The molecule has 2 aromatic heterocycles. The fourth-order valence-electron chi connectivity index (χ4n) is 2.74. The minimum Gasteiger partial charge on any atom is -0.496 e. The molecular formula is C16H18ClN5O. The highest BCUT2D eigenvalue weighted by atomic mass is 35.5. The monoisotopic (exact) mass is 331 g/mol. The summed E-state index contributed by atoms with van der Waals surface area (Å²) in [5.41, 5.74) is 9.35. The van der Waals surface area contributed by atoms with E-state index in [0.717, 1.165) is 28.0 Å². The van der Waals surface area contributed by atoms with Crippen molar-refractivity contribution >= 4 is 28.5 Å². The fourth-order valence-corrected chi connectivity index (χ4v) is 2.92. The molecule has 7 heteroatoms. The first-order chi connectivity index (χ1) is 10.9. The van der Waals surface area contributed by atoms with Crippen LogP contribution in [0.4, 0.5) is 5.82 Å². The number of nitrogen functional groups attached to an aromatic ring is 1. The van der Waals surface area contributed by atoms with E-state index >= 15 is 0 Å². The highest BCUT2D eigenvalue weighted by Crippen LogP contribution is 2.34. The molecule has 0 aliphatic rings. The lowest BCUT2D eigenvalue weighted by Crippen LogP contribution is -2.11. The minimum absolute atomic E-state index is 0.117. The van der Waals surface area contributed by atoms with Gasteiger partial charge in [0.1, 0.15) is 17.9 Å². The van der Waals surface area contributed by atoms with Crippen LogP contribution in [-0.4, -0.2) is 26.9 Å². The number of anilines is 1. The maximum atomic E-state index is 6.29. The molecular weight excluding hydrogens is 314 g/mol. The second-order valence-electron chi connectivity index (χ2n) is 5.51. The van der Waals surface area contributed by atoms with E-state index in [1.807, 2.05) is 37.6 Å². The number of hydrogen-bond acceptors (Lipinski definition) is 5. The van der Waals surface area contributed by atoms with E-state index < -0.39 is 0 Å². The van der Waals surface area contributed by atoms with Crippen LogP contribution < -0.4 is 10.5 Å². The fraction of sp³-hybridized carbons (Fsp3) is 0.312. The van der Waals surface area contributed by atoms with Gasteiger partial charge in [0.25, 0.3) is 0 Å². The molecule has 0 aliphatic carbocycles. The topological polar surface area (TPSA) is 78.9 Å². The average molecular weight is 332 g/mol. The first-order valence-corrected chi connectivity index (χ1v) is 7.61. The van der Waals surface area contributed by atoms with Crippen molar-refractivity contribution in [3.8, 4) is 5.75 Å². The molecule has 0 spiro atoms. The zero-order valence-electron chi connectivity index (χ0n) is 13.5. The van der Waals surface area contributed by atoms with Gasteiger partial charge in [0.15, 0.2) is 5.65 Å². The summed E-state index contributed by atoms with van der Waals surface area (Å²) in [6.07, 6.45) is 1.45. The number of nitrogens with zero attached hydrogens (tertiary/aromatic N) is 4. The van der Waals surface area contributed by atoms with Gasteiger partial charge in [-0.2, -0.15) is 5.10 Å². The summed E-state index contributed by atoms with van der Waals surface area (Å²) >= 11 is 6.29. The smallest absolute Gasteiger partial charge is 0.164 e. The van der Waals surface area contributed by atoms with Crippen LogP contribution >= 0.6 is 11.6 Å². The lowest BCUT2D eigenvalue weighted by atomic mass is 10.0. The van der Waals surface area contributed by atoms with Gasteiger partial charge in [-0.3, -0.25) is 0 Å². The molecule has 1 unspecified atom stereocenters. The molecule has 1 aromatic carbocycles. The van der Waals surface area contributed by atoms with Gasteiger partial charge in [0, 0.05) is 10.6 Å². The number of methoxy groups -OCH3 is 1. The second-order valence-corrected chi connectivity index (χ2v) is 5.91. The molecule has 2 heterocycles. The number of rotatable bonds is 3. The molecule has 0 saturated heterocycles. The molecule has 23 heavy (non-hydrogen) atoms. The van der Waals surface area contributed by atoms with Crippen molar-refractivity contribution in [1.82, 2.24) is 19.7 Å². The van der Waals surface area contributed by atoms with Crippen molar-refractivity contribution in [1.29, 1.82) is 0 Å². The normalized spacial score (nSPS) is 12.6. The van der Waals surface area contributed by atoms with Crippen LogP contribution in [0.25, 0.3) is 11.0 Å². The Morgan fingerprint density at radius 2 is 2.00 bits per heavy atom. The van der Waals surface area contributed by atoms with E-state index in [9.17, 15) is 0 Å². The predicted octanol–water partition coefficient (Wildman–Crippen LogP) is 3.30. The van der Waals surface area contributed by atoms with Crippen LogP contribution in [0, 0.1) is 13.8 Å². The van der Waals surface area contributed by atoms with E-state index in [-0.39, 0.29) is 6.04 Å². The number of ether oxygens (including phenoxy) is 1. The number of aromatic nitrogens is 4. The van der Waals surface area contributed by atoms with Crippen LogP contribution in [0.15, 0.2) is 18.5 Å². The maximum Gasteiger partial charge on any atom is 0.164 e. The zero-order valence-corrected chi connectivity index (χ0v) is 14.2. The second kappa shape index (κ2) is 5.70. The van der Waals surface area contributed by atoms with Gasteiger partial charge in [-0.15, -0.1) is 0 Å². The van der Waals surface area contributed by atoms with E-state index in [1.165, 1.54) is 6.33 Å². The number of hydrogen-bond donors (Lipinski definition) is 1. The minimum atomic E-state index is -0.117. The Hall–Kier alpha value is -2.34. The van der Waals surface area contributed by atoms with Gasteiger partial charge in [-0.25, -0.2) is 14.6 Å². The van der Waals surface area contributed by atoms with Crippen LogP contribution in [0.5, 0.6) is 5.75 Å². The first kappa shape index (κ1) is 15.6. The van der Waals surface area contributed by atoms with E-state index in [2.05, 4.69) is 15.1 Å². The lowest BCUT2D eigenvalue weighted by Gasteiger charge is -2.18. The van der Waals surface area contributed by atoms with Gasteiger partial charge >= 0.3 is 0 Å². The molecule has 6 nitrogen and oxygen atoms in total. The SMILES string of the molecule is COc1cc(C)c(Cl)cc1C(C)n1nc(C)c2c(N)ncnc21. The van der Waals surface area contributed by atoms with Crippen molar-refractivity contribution in [3.05, 3.63) is 40.3 Å². The summed E-state index contributed by atoms with van der Waals surface area (Å²) in [5, 5.41) is 6.05. The van der Waals surface area contributed by atoms with Crippen molar-refractivity contribution in [3.63, 3.8) is 0 Å². The third-order valence-corrected chi connectivity index (χ3v) is 4.43. The quantitative estimate of drug-likeness (QED) is 0.796. The van der Waals surface area contributed by atoms with Crippen LogP contribution in [-0.2, 0) is 0 Å². The molecule has 0 fully saturated rings. The Bertz CT molecular complexity index is 890. The van der Waals surface area contributed by atoms with E-state index in [4.69, 9.17) is 22.1 Å². The Balaban J connectivity index is 2.20. The first-order valence-electron chi connectivity index (χ1n) is 7.23. The molecule has 0 amide bonds. The molecule has 120 valence electrons. The molecule has 0 saturated carbocycles. The van der Waals surface area contributed by atoms with Crippen molar-refractivity contribution in [2.24, 2.45) is 0 Å². The van der Waals surface area contributed by atoms with Crippen LogP contribution in [0.2, 0.25) is 5.02 Å². The number of aryl methyl sites for hydroxylation is 2. The van der Waals surface area contributed by atoms with Crippen molar-refractivity contribution < 1.29 is 4.74 Å². The number of nitrogens with two attached hydrogens (primary N) is 1. The highest BCUT2D eigenvalue weighted by Gasteiger charge is 2.21. The van der Waals surface area contributed by atoms with Gasteiger partial charge in [-0.1, -0.05) is 11.6 Å². The Labute approximate surface area is 139 Å². The van der Waals surface area contributed by atoms with Gasteiger partial charge in [-0.05, 0) is 38.5 Å². The summed E-state index contributed by atoms with van der Waals surface area (Å²) in [4.78, 5) is 8.38. The number of fused-ring (bicyclic) bond motifs is 1. The molecule has 3 aromatic rings. The standard InChI is InChI=1S/C16H18ClN5O/c1-8-5-13(23-4)11(6-12(8)17)10(3)22-16-14(9(2)21-22)15(18)19-7-20-16/h5-7,10H,1-4H3,(H2,18,19,20). The van der Waals surface area contributed by atoms with Crippen LogP contribution in [0.3, 0.4) is 0 Å². The van der Waals surface area contributed by atoms with Gasteiger partial charge in [0.2, 0.25) is 0 Å². The van der Waals surface area contributed by atoms with Crippen LogP contribution in [0.1, 0.15) is 29.8 Å².